The van der Waals surface area contributed by atoms with E-state index in [4.69, 9.17) is 10.7 Å². The summed E-state index contributed by atoms with van der Waals surface area (Å²) >= 11 is 0. The van der Waals surface area contributed by atoms with Crippen LogP contribution in [0.1, 0.15) is 19.4 Å². The summed E-state index contributed by atoms with van der Waals surface area (Å²) in [5, 5.41) is 8.22. The predicted octanol–water partition coefficient (Wildman–Crippen LogP) is 3.78. The van der Waals surface area contributed by atoms with Crippen LogP contribution in [-0.2, 0) is 10.2 Å². The van der Waals surface area contributed by atoms with Crippen molar-refractivity contribution in [2.75, 3.05) is 0 Å². The van der Waals surface area contributed by atoms with Gasteiger partial charge in [0.05, 0.1) is 22.5 Å². The molecule has 176 valence electrons. The number of aromatic amines is 2. The predicted molar refractivity (Wildman–Crippen MR) is 135 cm³/mol. The summed E-state index contributed by atoms with van der Waals surface area (Å²) in [7, 11) is 0. The average Bonchev–Trinajstić information content (AvgIpc) is 3.52. The molecule has 0 radical (unpaired) electrons. The molecule has 0 aliphatic heterocycles. The quantitative estimate of drug-likeness (QED) is 0.343. The van der Waals surface area contributed by atoms with Gasteiger partial charge in [-0.1, -0.05) is 6.07 Å². The molecule has 0 aromatic carbocycles. The van der Waals surface area contributed by atoms with Crippen molar-refractivity contribution in [3.05, 3.63) is 73.2 Å². The number of pyridine rings is 4. The lowest BCUT2D eigenvalue weighted by Gasteiger charge is -2.21. The summed E-state index contributed by atoms with van der Waals surface area (Å²) in [4.78, 5) is 37.6. The number of nitrogens with zero attached hydrogens (tertiary/aromatic N) is 6. The van der Waals surface area contributed by atoms with Crippen LogP contribution in [-0.4, -0.2) is 46.0 Å². The number of rotatable bonds is 5. The molecule has 0 fully saturated rings. The van der Waals surface area contributed by atoms with Crippen molar-refractivity contribution in [2.24, 2.45) is 5.73 Å². The van der Waals surface area contributed by atoms with Crippen LogP contribution in [0.2, 0.25) is 0 Å². The third-order valence-corrected chi connectivity index (χ3v) is 6.42. The average molecular weight is 476 g/mol. The number of carbonyl (C=O) groups excluding carboxylic acids is 1. The molecule has 0 atom stereocenters. The van der Waals surface area contributed by atoms with Crippen molar-refractivity contribution in [3.8, 4) is 33.8 Å². The Labute approximate surface area is 205 Å². The Balaban J connectivity index is 1.46. The van der Waals surface area contributed by atoms with Crippen LogP contribution in [0.15, 0.2) is 67.6 Å². The number of fused-ring (bicyclic) bond motifs is 2. The Bertz CT molecular complexity index is 1750. The van der Waals surface area contributed by atoms with E-state index in [2.05, 4.69) is 35.1 Å². The number of amides is 1. The zero-order valence-electron chi connectivity index (χ0n) is 19.5. The van der Waals surface area contributed by atoms with Gasteiger partial charge in [-0.25, -0.2) is 9.97 Å². The number of nitrogens with two attached hydrogens (primary N) is 1. The van der Waals surface area contributed by atoms with E-state index in [1.165, 1.54) is 0 Å². The number of carbonyl (C=O) groups is 1. The van der Waals surface area contributed by atoms with Crippen molar-refractivity contribution >= 4 is 28.0 Å². The molecule has 36 heavy (non-hydrogen) atoms. The number of primary amides is 1. The molecule has 0 unspecified atom stereocenters. The largest absolute Gasteiger partial charge is 0.369 e. The lowest BCUT2D eigenvalue weighted by Crippen LogP contribution is -2.35. The first-order chi connectivity index (χ1) is 17.4. The normalized spacial score (nSPS) is 11.8. The van der Waals surface area contributed by atoms with Gasteiger partial charge in [0.1, 0.15) is 11.2 Å². The molecule has 0 aliphatic carbocycles. The van der Waals surface area contributed by atoms with Crippen LogP contribution in [0.4, 0.5) is 0 Å². The van der Waals surface area contributed by atoms with Gasteiger partial charge < -0.3 is 10.7 Å². The molecule has 4 N–H and O–H groups in total. The molecular weight excluding hydrogens is 454 g/mol. The summed E-state index contributed by atoms with van der Waals surface area (Å²) < 4.78 is 0. The first kappa shape index (κ1) is 21.5. The second-order valence-corrected chi connectivity index (χ2v) is 9.06. The second kappa shape index (κ2) is 8.05. The Kier molecular flexibility index (Phi) is 4.82. The third-order valence-electron chi connectivity index (χ3n) is 6.42. The van der Waals surface area contributed by atoms with Crippen LogP contribution in [0.5, 0.6) is 0 Å². The zero-order valence-corrected chi connectivity index (χ0v) is 19.5. The first-order valence-electron chi connectivity index (χ1n) is 11.3. The zero-order chi connectivity index (χ0) is 24.9. The van der Waals surface area contributed by atoms with Gasteiger partial charge in [0.15, 0.2) is 11.5 Å². The molecule has 6 aromatic heterocycles. The standard InChI is InChI=1S/C26H21N9O/c1-26(2,25(27)36)17-6-15(9-29-11-17)16-7-18-22(34-35-23(18)31-10-16)24-32-20-13-30-12-19(21(20)33-24)14-4-3-5-28-8-14/h3-13H,1-2H3,(H2,27,36)(H,32,33)(H,31,34,35). The lowest BCUT2D eigenvalue weighted by atomic mass is 9.84. The lowest BCUT2D eigenvalue weighted by molar-refractivity contribution is -0.122. The van der Waals surface area contributed by atoms with E-state index in [-0.39, 0.29) is 0 Å². The van der Waals surface area contributed by atoms with Gasteiger partial charge in [-0.3, -0.25) is 24.8 Å². The van der Waals surface area contributed by atoms with Gasteiger partial charge in [-0.2, -0.15) is 5.10 Å². The minimum absolute atomic E-state index is 0.419. The van der Waals surface area contributed by atoms with E-state index in [1.807, 2.05) is 24.3 Å². The molecule has 0 bridgehead atoms. The fourth-order valence-electron chi connectivity index (χ4n) is 4.10. The summed E-state index contributed by atoms with van der Waals surface area (Å²) in [5.41, 5.74) is 11.8. The van der Waals surface area contributed by atoms with Crippen LogP contribution in [0.25, 0.3) is 55.8 Å². The molecule has 10 nitrogen and oxygen atoms in total. The Morgan fingerprint density at radius 3 is 2.56 bits per heavy atom. The molecule has 6 rings (SSSR count). The van der Waals surface area contributed by atoms with Gasteiger partial charge in [-0.15, -0.1) is 0 Å². The van der Waals surface area contributed by atoms with Crippen molar-refractivity contribution in [3.63, 3.8) is 0 Å². The third kappa shape index (κ3) is 3.47. The van der Waals surface area contributed by atoms with Crippen LogP contribution in [0.3, 0.4) is 0 Å². The fourth-order valence-corrected chi connectivity index (χ4v) is 4.10. The number of aromatic nitrogens is 8. The van der Waals surface area contributed by atoms with Crippen molar-refractivity contribution in [1.29, 1.82) is 0 Å². The van der Waals surface area contributed by atoms with Crippen LogP contribution >= 0.6 is 0 Å². The summed E-state index contributed by atoms with van der Waals surface area (Å²) in [6.07, 6.45) is 12.2. The maximum atomic E-state index is 12.0. The second-order valence-electron chi connectivity index (χ2n) is 9.06. The molecule has 6 aromatic rings. The summed E-state index contributed by atoms with van der Waals surface area (Å²) in [6, 6.07) is 7.74. The van der Waals surface area contributed by atoms with Crippen molar-refractivity contribution < 1.29 is 4.79 Å². The van der Waals surface area contributed by atoms with Gasteiger partial charge in [0, 0.05) is 59.4 Å². The molecule has 0 saturated carbocycles. The number of nitrogens with one attached hydrogen (secondary N) is 2. The molecule has 1 amide bonds. The van der Waals surface area contributed by atoms with Gasteiger partial charge in [-0.05, 0) is 37.6 Å². The molecule has 10 heteroatoms. The van der Waals surface area contributed by atoms with Gasteiger partial charge in [0.2, 0.25) is 5.91 Å². The van der Waals surface area contributed by atoms with Gasteiger partial charge >= 0.3 is 0 Å². The molecule has 0 spiro atoms. The van der Waals surface area contributed by atoms with Crippen LogP contribution < -0.4 is 5.73 Å². The number of H-pyrrole nitrogens is 2. The number of hydrogen-bond donors (Lipinski definition) is 3. The van der Waals surface area contributed by atoms with Crippen molar-refractivity contribution in [2.45, 2.75) is 19.3 Å². The maximum absolute atomic E-state index is 12.0. The highest BCUT2D eigenvalue weighted by Gasteiger charge is 2.28. The number of imidazole rings is 1. The summed E-state index contributed by atoms with van der Waals surface area (Å²) in [5.74, 6) is 0.198. The SMILES string of the molecule is CC(C)(C(N)=O)c1cncc(-c2cnc3n[nH]c(-c4nc5c(-c6cccnc6)cncc5[nH]4)c3c2)c1. The van der Waals surface area contributed by atoms with Gasteiger partial charge in [0.25, 0.3) is 0 Å². The van der Waals surface area contributed by atoms with Crippen molar-refractivity contribution in [1.82, 2.24) is 40.1 Å². The monoisotopic (exact) mass is 475 g/mol. The molecule has 0 saturated heterocycles. The van der Waals surface area contributed by atoms with E-state index in [1.54, 1.807) is 57.2 Å². The highest BCUT2D eigenvalue weighted by atomic mass is 16.1. The van der Waals surface area contributed by atoms with E-state index in [9.17, 15) is 4.79 Å². The minimum atomic E-state index is -0.852. The minimum Gasteiger partial charge on any atom is -0.369 e. The summed E-state index contributed by atoms with van der Waals surface area (Å²) in [6.45, 7) is 3.56. The first-order valence-corrected chi connectivity index (χ1v) is 11.3. The van der Waals surface area contributed by atoms with E-state index >= 15 is 0 Å². The Morgan fingerprint density at radius 2 is 1.75 bits per heavy atom. The number of hydrogen-bond acceptors (Lipinski definition) is 7. The highest BCUT2D eigenvalue weighted by Crippen LogP contribution is 2.32. The van der Waals surface area contributed by atoms with E-state index < -0.39 is 11.3 Å². The molecular formula is C26H21N9O. The Hall–Kier alpha value is -4.99. The Morgan fingerprint density at radius 1 is 0.944 bits per heavy atom. The van der Waals surface area contributed by atoms with E-state index in [0.717, 1.165) is 44.2 Å². The topological polar surface area (TPSA) is 152 Å². The molecule has 6 heterocycles. The molecule has 0 aliphatic rings. The van der Waals surface area contributed by atoms with Crippen LogP contribution in [0, 0.1) is 0 Å². The maximum Gasteiger partial charge on any atom is 0.227 e. The van der Waals surface area contributed by atoms with E-state index in [0.29, 0.717) is 17.2 Å². The highest BCUT2D eigenvalue weighted by molar-refractivity contribution is 5.96. The smallest absolute Gasteiger partial charge is 0.227 e. The fraction of sp³-hybridized carbons (Fsp3) is 0.115.